The highest BCUT2D eigenvalue weighted by molar-refractivity contribution is 9.09. The van der Waals surface area contributed by atoms with Gasteiger partial charge in [-0.05, 0) is 63.1 Å². The first kappa shape index (κ1) is 14.7. The summed E-state index contributed by atoms with van der Waals surface area (Å²) in [5.74, 6) is 2.64. The van der Waals surface area contributed by atoms with Crippen molar-refractivity contribution < 1.29 is 9.47 Å². The zero-order valence-corrected chi connectivity index (χ0v) is 13.4. The Balaban J connectivity index is 1.97. The number of rotatable bonds is 8. The maximum atomic E-state index is 5.66. The van der Waals surface area contributed by atoms with Crippen LogP contribution in [0, 0.1) is 5.92 Å². The lowest BCUT2D eigenvalue weighted by molar-refractivity contribution is 0.287. The Hall–Kier alpha value is -0.700. The molecule has 1 saturated carbocycles. The molecule has 2 rings (SSSR count). The van der Waals surface area contributed by atoms with Crippen LogP contribution in [0.4, 0.5) is 0 Å². The van der Waals surface area contributed by atoms with Gasteiger partial charge in [0.25, 0.3) is 0 Å². The average molecular weight is 327 g/mol. The van der Waals surface area contributed by atoms with Crippen molar-refractivity contribution in [2.75, 3.05) is 13.2 Å². The van der Waals surface area contributed by atoms with Crippen molar-refractivity contribution in [2.24, 2.45) is 5.92 Å². The first-order valence-corrected chi connectivity index (χ1v) is 8.18. The minimum absolute atomic E-state index is 0.671. The summed E-state index contributed by atoms with van der Waals surface area (Å²) in [6.07, 6.45) is 5.08. The minimum Gasteiger partial charge on any atom is -0.490 e. The summed E-state index contributed by atoms with van der Waals surface area (Å²) < 4.78 is 11.2. The summed E-state index contributed by atoms with van der Waals surface area (Å²) in [7, 11) is 0. The van der Waals surface area contributed by atoms with Gasteiger partial charge in [-0.25, -0.2) is 0 Å². The molecule has 1 aromatic carbocycles. The van der Waals surface area contributed by atoms with Crippen LogP contribution in [-0.2, 0) is 6.42 Å². The van der Waals surface area contributed by atoms with E-state index in [1.54, 1.807) is 0 Å². The Bertz CT molecular complexity index is 402. The van der Waals surface area contributed by atoms with Gasteiger partial charge in [-0.2, -0.15) is 0 Å². The van der Waals surface area contributed by atoms with Crippen LogP contribution in [0.5, 0.6) is 11.5 Å². The van der Waals surface area contributed by atoms with Crippen molar-refractivity contribution >= 4 is 15.9 Å². The SMILES string of the molecule is CCOc1ccc(CCC(Br)C2CC2)cc1OCC. The van der Waals surface area contributed by atoms with E-state index in [9.17, 15) is 0 Å². The number of aryl methyl sites for hydroxylation is 1. The average Bonchev–Trinajstić information content (AvgIpc) is 3.23. The number of benzene rings is 1. The van der Waals surface area contributed by atoms with Gasteiger partial charge in [0, 0.05) is 4.83 Å². The summed E-state index contributed by atoms with van der Waals surface area (Å²) in [5.41, 5.74) is 1.33. The molecule has 0 radical (unpaired) electrons. The maximum Gasteiger partial charge on any atom is 0.161 e. The van der Waals surface area contributed by atoms with Crippen molar-refractivity contribution in [3.8, 4) is 11.5 Å². The first-order valence-electron chi connectivity index (χ1n) is 7.27. The van der Waals surface area contributed by atoms with Gasteiger partial charge >= 0.3 is 0 Å². The summed E-state index contributed by atoms with van der Waals surface area (Å²) in [6, 6.07) is 6.31. The van der Waals surface area contributed by atoms with Crippen LogP contribution < -0.4 is 9.47 Å². The molecular weight excluding hydrogens is 304 g/mol. The molecule has 19 heavy (non-hydrogen) atoms. The van der Waals surface area contributed by atoms with Gasteiger partial charge in [-0.15, -0.1) is 0 Å². The molecule has 1 unspecified atom stereocenters. The van der Waals surface area contributed by atoms with Gasteiger partial charge in [-0.3, -0.25) is 0 Å². The van der Waals surface area contributed by atoms with Crippen LogP contribution in [0.2, 0.25) is 0 Å². The molecule has 0 N–H and O–H groups in total. The van der Waals surface area contributed by atoms with Crippen LogP contribution in [0.15, 0.2) is 18.2 Å². The summed E-state index contributed by atoms with van der Waals surface area (Å²) in [5, 5.41) is 0. The molecule has 0 bridgehead atoms. The summed E-state index contributed by atoms with van der Waals surface area (Å²) >= 11 is 3.79. The van der Waals surface area contributed by atoms with Crippen LogP contribution in [0.3, 0.4) is 0 Å². The molecular formula is C16H23BrO2. The third-order valence-electron chi connectivity index (χ3n) is 3.45. The van der Waals surface area contributed by atoms with E-state index in [1.165, 1.54) is 24.8 Å². The second-order valence-electron chi connectivity index (χ2n) is 5.04. The molecule has 1 aromatic rings. The van der Waals surface area contributed by atoms with Gasteiger partial charge in [0.1, 0.15) is 0 Å². The zero-order chi connectivity index (χ0) is 13.7. The van der Waals surface area contributed by atoms with E-state index in [0.29, 0.717) is 18.0 Å². The molecule has 1 atom stereocenters. The van der Waals surface area contributed by atoms with E-state index in [1.807, 2.05) is 19.9 Å². The molecule has 1 fully saturated rings. The fraction of sp³-hybridized carbons (Fsp3) is 0.625. The smallest absolute Gasteiger partial charge is 0.161 e. The lowest BCUT2D eigenvalue weighted by Crippen LogP contribution is -2.03. The second-order valence-corrected chi connectivity index (χ2v) is 6.22. The van der Waals surface area contributed by atoms with Crippen molar-refractivity contribution in [2.45, 2.75) is 44.4 Å². The molecule has 0 heterocycles. The fourth-order valence-corrected chi connectivity index (χ4v) is 3.01. The molecule has 2 nitrogen and oxygen atoms in total. The maximum absolute atomic E-state index is 5.66. The van der Waals surface area contributed by atoms with Crippen LogP contribution in [0.25, 0.3) is 0 Å². The van der Waals surface area contributed by atoms with Gasteiger partial charge in [0.15, 0.2) is 11.5 Å². The standard InChI is InChI=1S/C16H23BrO2/c1-3-18-15-10-6-12(11-16(15)19-4-2)5-9-14(17)13-7-8-13/h6,10-11,13-14H,3-5,7-9H2,1-2H3. The van der Waals surface area contributed by atoms with E-state index in [2.05, 4.69) is 28.1 Å². The van der Waals surface area contributed by atoms with E-state index in [4.69, 9.17) is 9.47 Å². The molecule has 0 saturated heterocycles. The van der Waals surface area contributed by atoms with E-state index < -0.39 is 0 Å². The first-order chi connectivity index (χ1) is 9.24. The quantitative estimate of drug-likeness (QED) is 0.650. The topological polar surface area (TPSA) is 18.5 Å². The molecule has 0 aromatic heterocycles. The lowest BCUT2D eigenvalue weighted by atomic mass is 10.1. The third kappa shape index (κ3) is 4.41. The Morgan fingerprint density at radius 1 is 1.16 bits per heavy atom. The van der Waals surface area contributed by atoms with Crippen LogP contribution in [-0.4, -0.2) is 18.0 Å². The minimum atomic E-state index is 0.671. The van der Waals surface area contributed by atoms with Crippen molar-refractivity contribution in [1.29, 1.82) is 0 Å². The van der Waals surface area contributed by atoms with Crippen molar-refractivity contribution in [3.05, 3.63) is 23.8 Å². The largest absolute Gasteiger partial charge is 0.490 e. The van der Waals surface area contributed by atoms with Gasteiger partial charge < -0.3 is 9.47 Å². The zero-order valence-electron chi connectivity index (χ0n) is 11.8. The number of alkyl halides is 1. The normalized spacial score (nSPS) is 16.2. The predicted molar refractivity (Wildman–Crippen MR) is 82.5 cm³/mol. The second kappa shape index (κ2) is 7.18. The number of hydrogen-bond acceptors (Lipinski definition) is 2. The molecule has 0 aliphatic heterocycles. The van der Waals surface area contributed by atoms with Crippen LogP contribution in [0.1, 0.15) is 38.7 Å². The Morgan fingerprint density at radius 3 is 2.47 bits per heavy atom. The monoisotopic (exact) mass is 326 g/mol. The molecule has 0 amide bonds. The number of halogens is 1. The van der Waals surface area contributed by atoms with E-state index in [0.717, 1.165) is 23.8 Å². The highest BCUT2D eigenvalue weighted by Gasteiger charge is 2.28. The highest BCUT2D eigenvalue weighted by atomic mass is 79.9. The molecule has 106 valence electrons. The van der Waals surface area contributed by atoms with Crippen LogP contribution >= 0.6 is 15.9 Å². The van der Waals surface area contributed by atoms with Crippen molar-refractivity contribution in [3.63, 3.8) is 0 Å². The van der Waals surface area contributed by atoms with Gasteiger partial charge in [0.05, 0.1) is 13.2 Å². The number of hydrogen-bond donors (Lipinski definition) is 0. The van der Waals surface area contributed by atoms with E-state index >= 15 is 0 Å². The molecule has 0 spiro atoms. The van der Waals surface area contributed by atoms with Gasteiger partial charge in [0.2, 0.25) is 0 Å². The fourth-order valence-electron chi connectivity index (χ4n) is 2.25. The predicted octanol–water partition coefficient (Wildman–Crippen LogP) is 4.59. The Labute approximate surface area is 124 Å². The van der Waals surface area contributed by atoms with Crippen molar-refractivity contribution in [1.82, 2.24) is 0 Å². The molecule has 1 aliphatic rings. The van der Waals surface area contributed by atoms with Gasteiger partial charge in [-0.1, -0.05) is 22.0 Å². The summed E-state index contributed by atoms with van der Waals surface area (Å²) in [6.45, 7) is 5.34. The molecule has 3 heteroatoms. The number of ether oxygens (including phenoxy) is 2. The van der Waals surface area contributed by atoms with E-state index in [-0.39, 0.29) is 0 Å². The highest BCUT2D eigenvalue weighted by Crippen LogP contribution is 2.39. The lowest BCUT2D eigenvalue weighted by Gasteiger charge is -2.13. The summed E-state index contributed by atoms with van der Waals surface area (Å²) in [4.78, 5) is 0.676. The Morgan fingerprint density at radius 2 is 1.84 bits per heavy atom. The third-order valence-corrected chi connectivity index (χ3v) is 4.66. The molecule has 1 aliphatic carbocycles. The Kier molecular flexibility index (Phi) is 5.56.